The fourth-order valence-corrected chi connectivity index (χ4v) is 2.50. The van der Waals surface area contributed by atoms with Crippen molar-refractivity contribution in [3.05, 3.63) is 131 Å². The van der Waals surface area contributed by atoms with Gasteiger partial charge in [0.15, 0.2) is 0 Å². The van der Waals surface area contributed by atoms with Crippen LogP contribution in [-0.2, 0) is 0 Å². The summed E-state index contributed by atoms with van der Waals surface area (Å²) in [7, 11) is 0. The van der Waals surface area contributed by atoms with Crippen LogP contribution < -0.4 is 0 Å². The summed E-state index contributed by atoms with van der Waals surface area (Å²) in [6.45, 7) is 11.7. The normalized spacial score (nSPS) is 8.77. The second kappa shape index (κ2) is 21.4. The van der Waals surface area contributed by atoms with E-state index in [4.69, 9.17) is 0 Å². The lowest BCUT2D eigenvalue weighted by Crippen LogP contribution is -1.72. The summed E-state index contributed by atoms with van der Waals surface area (Å²) in [6, 6.07) is 13.7. The second-order valence-electron chi connectivity index (χ2n) is 7.73. The van der Waals surface area contributed by atoms with Crippen LogP contribution in [0.5, 0.6) is 0 Å². The van der Waals surface area contributed by atoms with Crippen LogP contribution in [0.25, 0.3) is 0 Å². The molecule has 0 spiro atoms. The summed E-state index contributed by atoms with van der Waals surface area (Å²) in [5.41, 5.74) is 5.26. The molecule has 0 bridgehead atoms. The molecule has 6 aromatic heterocycles. The Morgan fingerprint density at radius 3 is 1.69 bits per heavy atom. The van der Waals surface area contributed by atoms with Crippen molar-refractivity contribution in [3.8, 4) is 0 Å². The highest BCUT2D eigenvalue weighted by molar-refractivity contribution is 7.09. The summed E-state index contributed by atoms with van der Waals surface area (Å²) in [5.74, 6) is 1.82. The standard InChI is InChI=1S/3C6H7N.C4H6N2.C3H5N3.C3H4N2S/c1-6-2-4-7-5-3-6;1-6-3-2-4-7-5-6;1-6-4-2-3-5-7-6;1-4-5-2-3-6-4;1-3-4-2-5-6-3;1-3-5-4-2-6-3/h3*2-5H,1H3;2-3H,1H3,(H,5,6);2H,1H3,(H,4,5,6);2H,1H3. The first-order chi connectivity index (χ1) is 18.9. The first kappa shape index (κ1) is 32.4. The zero-order chi connectivity index (χ0) is 28.6. The number of nitrogens with zero attached hydrogens (tertiary/aromatic N) is 8. The molecule has 11 heteroatoms. The minimum atomic E-state index is 0.856. The van der Waals surface area contributed by atoms with Crippen LogP contribution in [0, 0.1) is 41.5 Å². The third-order valence-corrected chi connectivity index (χ3v) is 4.73. The maximum atomic E-state index is 3.98. The van der Waals surface area contributed by atoms with Gasteiger partial charge in [-0.1, -0.05) is 12.1 Å². The van der Waals surface area contributed by atoms with Crippen LogP contribution in [0.2, 0.25) is 0 Å². The van der Waals surface area contributed by atoms with Gasteiger partial charge in [0.05, 0.1) is 0 Å². The van der Waals surface area contributed by atoms with Crippen molar-refractivity contribution in [3.63, 3.8) is 0 Å². The number of aromatic nitrogens is 10. The van der Waals surface area contributed by atoms with Gasteiger partial charge in [-0.3, -0.25) is 20.1 Å². The maximum absolute atomic E-state index is 3.98. The van der Waals surface area contributed by atoms with Crippen molar-refractivity contribution < 1.29 is 0 Å². The van der Waals surface area contributed by atoms with E-state index < -0.39 is 0 Å². The van der Waals surface area contributed by atoms with E-state index in [-0.39, 0.29) is 0 Å². The molecule has 0 saturated heterocycles. The Hall–Kier alpha value is -4.64. The molecule has 0 atom stereocenters. The SMILES string of the molecule is Cc1ccccn1.Cc1cccnc1.Cc1ccncc1.Cc1ncc[nH]1.Cc1ncn[nH]1.Cc1nncs1. The fourth-order valence-electron chi connectivity index (χ4n) is 2.16. The van der Waals surface area contributed by atoms with Crippen LogP contribution in [0.4, 0.5) is 0 Å². The lowest BCUT2D eigenvalue weighted by molar-refractivity contribution is 1.04. The van der Waals surface area contributed by atoms with E-state index in [0.717, 1.165) is 22.4 Å². The molecule has 6 rings (SSSR count). The molecule has 2 N–H and O–H groups in total. The Morgan fingerprint density at radius 2 is 1.46 bits per heavy atom. The molecule has 204 valence electrons. The monoisotopic (exact) mass is 544 g/mol. The van der Waals surface area contributed by atoms with Gasteiger partial charge in [-0.25, -0.2) is 9.97 Å². The number of nitrogens with one attached hydrogen (secondary N) is 2. The first-order valence-corrected chi connectivity index (χ1v) is 12.9. The van der Waals surface area contributed by atoms with Gasteiger partial charge < -0.3 is 4.98 Å². The lowest BCUT2D eigenvalue weighted by atomic mass is 10.3. The van der Waals surface area contributed by atoms with Gasteiger partial charge in [0, 0.05) is 49.1 Å². The molecule has 0 aromatic carbocycles. The Labute approximate surface area is 234 Å². The van der Waals surface area contributed by atoms with Crippen LogP contribution in [0.15, 0.2) is 97.7 Å². The van der Waals surface area contributed by atoms with Gasteiger partial charge in [0.1, 0.15) is 28.5 Å². The smallest absolute Gasteiger partial charge is 0.137 e. The topological polar surface area (TPSA) is 135 Å². The van der Waals surface area contributed by atoms with E-state index in [1.54, 1.807) is 54.0 Å². The highest BCUT2D eigenvalue weighted by Gasteiger charge is 1.78. The molecule has 0 saturated carbocycles. The molecular weight excluding hydrogens is 508 g/mol. The number of imidazole rings is 1. The molecule has 0 radical (unpaired) electrons. The van der Waals surface area contributed by atoms with Gasteiger partial charge in [0.25, 0.3) is 0 Å². The van der Waals surface area contributed by atoms with Gasteiger partial charge in [-0.05, 0) is 83.0 Å². The van der Waals surface area contributed by atoms with Crippen molar-refractivity contribution in [1.29, 1.82) is 0 Å². The van der Waals surface area contributed by atoms with E-state index in [1.165, 1.54) is 17.5 Å². The van der Waals surface area contributed by atoms with E-state index in [1.807, 2.05) is 90.2 Å². The number of aromatic amines is 2. The summed E-state index contributed by atoms with van der Waals surface area (Å²) in [6.07, 6.45) is 14.0. The molecule has 39 heavy (non-hydrogen) atoms. The summed E-state index contributed by atoms with van der Waals surface area (Å²) in [4.78, 5) is 22.2. The number of aryl methyl sites for hydroxylation is 6. The number of pyridine rings is 3. The Kier molecular flexibility index (Phi) is 17.8. The zero-order valence-corrected chi connectivity index (χ0v) is 24.0. The van der Waals surface area contributed by atoms with Crippen molar-refractivity contribution in [1.82, 2.24) is 50.3 Å². The Balaban J connectivity index is 0.000000234. The average Bonchev–Trinajstić information content (AvgIpc) is 3.73. The third-order valence-electron chi connectivity index (χ3n) is 4.11. The third kappa shape index (κ3) is 20.1. The number of hydrogen-bond acceptors (Lipinski definition) is 9. The summed E-state index contributed by atoms with van der Waals surface area (Å²) in [5, 5.41) is 14.5. The molecule has 0 aliphatic rings. The molecular formula is C28H36N10S. The maximum Gasteiger partial charge on any atom is 0.137 e. The fraction of sp³-hybridized carbons (Fsp3) is 0.214. The molecule has 0 unspecified atom stereocenters. The summed E-state index contributed by atoms with van der Waals surface area (Å²) >= 11 is 1.56. The first-order valence-electron chi connectivity index (χ1n) is 12.0. The van der Waals surface area contributed by atoms with E-state index >= 15 is 0 Å². The van der Waals surface area contributed by atoms with Crippen LogP contribution >= 0.6 is 11.3 Å². The average molecular weight is 545 g/mol. The minimum absolute atomic E-state index is 0.856. The van der Waals surface area contributed by atoms with E-state index in [9.17, 15) is 0 Å². The second-order valence-corrected chi connectivity index (χ2v) is 8.77. The van der Waals surface area contributed by atoms with Gasteiger partial charge in [-0.15, -0.1) is 21.5 Å². The van der Waals surface area contributed by atoms with Gasteiger partial charge >= 0.3 is 0 Å². The predicted molar refractivity (Wildman–Crippen MR) is 156 cm³/mol. The van der Waals surface area contributed by atoms with Gasteiger partial charge in [-0.2, -0.15) is 5.10 Å². The van der Waals surface area contributed by atoms with Gasteiger partial charge in [0.2, 0.25) is 0 Å². The van der Waals surface area contributed by atoms with E-state index in [0.29, 0.717) is 0 Å². The van der Waals surface area contributed by atoms with Crippen molar-refractivity contribution >= 4 is 11.3 Å². The van der Waals surface area contributed by atoms with Crippen molar-refractivity contribution in [2.24, 2.45) is 0 Å². The number of H-pyrrole nitrogens is 2. The lowest BCUT2D eigenvalue weighted by Gasteiger charge is -1.82. The van der Waals surface area contributed by atoms with Crippen LogP contribution in [0.1, 0.15) is 33.5 Å². The predicted octanol–water partition coefficient (Wildman–Crippen LogP) is 5.85. The highest BCUT2D eigenvalue weighted by atomic mass is 32.1. The van der Waals surface area contributed by atoms with E-state index in [2.05, 4.69) is 50.3 Å². The number of hydrogen-bond donors (Lipinski definition) is 2. The quantitative estimate of drug-likeness (QED) is 0.243. The molecule has 0 aliphatic heterocycles. The van der Waals surface area contributed by atoms with Crippen LogP contribution in [0.3, 0.4) is 0 Å². The minimum Gasteiger partial charge on any atom is -0.349 e. The number of rotatable bonds is 0. The molecule has 0 amide bonds. The zero-order valence-electron chi connectivity index (χ0n) is 23.2. The largest absolute Gasteiger partial charge is 0.349 e. The molecule has 0 fully saturated rings. The van der Waals surface area contributed by atoms with Crippen molar-refractivity contribution in [2.75, 3.05) is 0 Å². The Bertz CT molecular complexity index is 1110. The molecule has 6 heterocycles. The molecule has 0 aliphatic carbocycles. The highest BCUT2D eigenvalue weighted by Crippen LogP contribution is 1.95. The van der Waals surface area contributed by atoms with Crippen molar-refractivity contribution in [2.45, 2.75) is 41.5 Å². The summed E-state index contributed by atoms with van der Waals surface area (Å²) < 4.78 is 0. The molecule has 6 aromatic rings. The Morgan fingerprint density at radius 1 is 0.667 bits per heavy atom. The van der Waals surface area contributed by atoms with Crippen LogP contribution in [-0.4, -0.2) is 50.3 Å². The molecule has 10 nitrogen and oxygen atoms in total.